The van der Waals surface area contributed by atoms with E-state index in [1.165, 1.54) is 29.4 Å². The average molecular weight is 430 g/mol. The minimum atomic E-state index is -1.58. The van der Waals surface area contributed by atoms with E-state index in [2.05, 4.69) is 5.16 Å². The van der Waals surface area contributed by atoms with Crippen LogP contribution in [0.25, 0.3) is 0 Å². The summed E-state index contributed by atoms with van der Waals surface area (Å²) in [7, 11) is 5.25. The lowest BCUT2D eigenvalue weighted by Crippen LogP contribution is -2.45. The molecule has 2 atom stereocenters. The van der Waals surface area contributed by atoms with Crippen molar-refractivity contribution in [3.63, 3.8) is 0 Å². The molecule has 2 heterocycles. The van der Waals surface area contributed by atoms with Gasteiger partial charge in [0.25, 0.3) is 0 Å². The molecular formula is C22H27FN4O4. The van der Waals surface area contributed by atoms with Gasteiger partial charge >= 0.3 is 0 Å². The van der Waals surface area contributed by atoms with Crippen molar-refractivity contribution in [3.05, 3.63) is 53.7 Å². The molecule has 2 aromatic rings. The summed E-state index contributed by atoms with van der Waals surface area (Å²) in [5, 5.41) is 3.86. The van der Waals surface area contributed by atoms with Crippen LogP contribution in [0, 0.1) is 5.82 Å². The number of hydrogen-bond acceptors (Lipinski definition) is 6. The van der Waals surface area contributed by atoms with Gasteiger partial charge in [0.2, 0.25) is 17.7 Å². The summed E-state index contributed by atoms with van der Waals surface area (Å²) in [6.07, 6.45) is 0.834. The van der Waals surface area contributed by atoms with Gasteiger partial charge in [-0.15, -0.1) is 0 Å². The lowest BCUT2D eigenvalue weighted by atomic mass is 9.75. The van der Waals surface area contributed by atoms with Crippen LogP contribution < -0.4 is 0 Å². The van der Waals surface area contributed by atoms with Gasteiger partial charge in [-0.1, -0.05) is 23.4 Å². The third kappa shape index (κ3) is 4.36. The highest BCUT2D eigenvalue weighted by molar-refractivity contribution is 6.10. The fourth-order valence-corrected chi connectivity index (χ4v) is 3.85. The molecule has 1 aromatic heterocycles. The maximum absolute atomic E-state index is 14.8. The van der Waals surface area contributed by atoms with E-state index in [0.29, 0.717) is 12.2 Å². The summed E-state index contributed by atoms with van der Waals surface area (Å²) < 4.78 is 19.7. The van der Waals surface area contributed by atoms with Crippen LogP contribution in [-0.2, 0) is 19.8 Å². The van der Waals surface area contributed by atoms with Gasteiger partial charge in [-0.25, -0.2) is 4.39 Å². The maximum atomic E-state index is 14.8. The number of likely N-dealkylation sites (N-methyl/N-ethyl adjacent to an activating group) is 1. The van der Waals surface area contributed by atoms with Gasteiger partial charge in [0.15, 0.2) is 0 Å². The molecule has 31 heavy (non-hydrogen) atoms. The van der Waals surface area contributed by atoms with Gasteiger partial charge in [0, 0.05) is 44.6 Å². The Balaban J connectivity index is 1.95. The number of carbonyl (C=O) groups is 3. The van der Waals surface area contributed by atoms with Crippen LogP contribution >= 0.6 is 0 Å². The number of benzene rings is 1. The smallest absolute Gasteiger partial charge is 0.241 e. The predicted octanol–water partition coefficient (Wildman–Crippen LogP) is 1.98. The lowest BCUT2D eigenvalue weighted by molar-refractivity contribution is -0.143. The molecular weight excluding hydrogens is 403 g/mol. The van der Waals surface area contributed by atoms with E-state index in [4.69, 9.17) is 4.52 Å². The zero-order valence-electron chi connectivity index (χ0n) is 18.2. The molecule has 166 valence electrons. The van der Waals surface area contributed by atoms with Crippen LogP contribution in [0.4, 0.5) is 4.39 Å². The van der Waals surface area contributed by atoms with Crippen molar-refractivity contribution in [1.82, 2.24) is 19.9 Å². The quantitative estimate of drug-likeness (QED) is 0.596. The number of likely N-dealkylation sites (tertiary alicyclic amines) is 1. The summed E-state index contributed by atoms with van der Waals surface area (Å²) in [4.78, 5) is 43.9. The van der Waals surface area contributed by atoms with Gasteiger partial charge < -0.3 is 14.3 Å². The van der Waals surface area contributed by atoms with Crippen molar-refractivity contribution in [2.75, 3.05) is 34.2 Å². The van der Waals surface area contributed by atoms with E-state index in [1.807, 2.05) is 19.0 Å². The molecule has 0 spiro atoms. The molecule has 3 amide bonds. The highest BCUT2D eigenvalue weighted by atomic mass is 19.1. The monoisotopic (exact) mass is 430 g/mol. The Labute approximate surface area is 180 Å². The zero-order valence-corrected chi connectivity index (χ0v) is 18.2. The van der Waals surface area contributed by atoms with E-state index in [-0.39, 0.29) is 24.9 Å². The molecule has 0 bridgehead atoms. The van der Waals surface area contributed by atoms with Crippen LogP contribution in [0.1, 0.15) is 37.1 Å². The number of aromatic nitrogens is 1. The fourth-order valence-electron chi connectivity index (χ4n) is 3.85. The first kappa shape index (κ1) is 22.6. The zero-order chi connectivity index (χ0) is 22.8. The van der Waals surface area contributed by atoms with E-state index in [1.54, 1.807) is 26.1 Å². The first-order chi connectivity index (χ1) is 14.7. The van der Waals surface area contributed by atoms with Gasteiger partial charge in [-0.2, -0.15) is 0 Å². The van der Waals surface area contributed by atoms with Crippen LogP contribution in [0.15, 0.2) is 41.1 Å². The minimum absolute atomic E-state index is 0.0662. The second-order valence-corrected chi connectivity index (χ2v) is 8.17. The van der Waals surface area contributed by atoms with Crippen LogP contribution in [0.3, 0.4) is 0 Å². The highest BCUT2D eigenvalue weighted by Crippen LogP contribution is 2.41. The Morgan fingerprint density at radius 3 is 2.58 bits per heavy atom. The summed E-state index contributed by atoms with van der Waals surface area (Å²) >= 11 is 0. The molecule has 0 radical (unpaired) electrons. The van der Waals surface area contributed by atoms with Crippen molar-refractivity contribution < 1.29 is 23.3 Å². The van der Waals surface area contributed by atoms with E-state index < -0.39 is 35.0 Å². The molecule has 1 aliphatic rings. The molecule has 0 N–H and O–H groups in total. The first-order valence-corrected chi connectivity index (χ1v) is 10.1. The summed E-state index contributed by atoms with van der Waals surface area (Å²) in [6, 6.07) is 7.06. The van der Waals surface area contributed by atoms with E-state index in [9.17, 15) is 18.8 Å². The van der Waals surface area contributed by atoms with Crippen LogP contribution in [0.5, 0.6) is 0 Å². The van der Waals surface area contributed by atoms with Crippen molar-refractivity contribution in [1.29, 1.82) is 0 Å². The number of rotatable bonds is 8. The third-order valence-electron chi connectivity index (χ3n) is 5.88. The van der Waals surface area contributed by atoms with Crippen molar-refractivity contribution >= 4 is 17.7 Å². The first-order valence-electron chi connectivity index (χ1n) is 10.1. The number of amides is 3. The standard InChI is InChI=1S/C22H27FN4O4/c1-15(18-9-12-31-24-18)26(4)19(28)13-22(16-7-5-6-8-17(16)23)14-20(29)27(21(22)30)11-10-25(2)3/h5-9,12,15H,10-11,13-14H2,1-4H3/t15-,22-/m0/s1. The van der Waals surface area contributed by atoms with E-state index in [0.717, 1.165) is 4.90 Å². The molecule has 9 heteroatoms. The fraction of sp³-hybridized carbons (Fsp3) is 0.455. The highest BCUT2D eigenvalue weighted by Gasteiger charge is 2.55. The second-order valence-electron chi connectivity index (χ2n) is 8.17. The summed E-state index contributed by atoms with van der Waals surface area (Å²) in [6.45, 7) is 2.43. The van der Waals surface area contributed by atoms with Gasteiger partial charge in [-0.3, -0.25) is 19.3 Å². The Bertz CT molecular complexity index is 962. The molecule has 3 rings (SSSR count). The number of imide groups is 1. The molecule has 0 unspecified atom stereocenters. The maximum Gasteiger partial charge on any atom is 0.241 e. The molecule has 0 saturated carbocycles. The topological polar surface area (TPSA) is 87.0 Å². The van der Waals surface area contributed by atoms with Gasteiger partial charge in [0.1, 0.15) is 17.8 Å². The third-order valence-corrected chi connectivity index (χ3v) is 5.88. The Hall–Kier alpha value is -3.07. The number of carbonyl (C=O) groups excluding carboxylic acids is 3. The largest absolute Gasteiger partial charge is 0.364 e. The average Bonchev–Trinajstić information content (AvgIpc) is 3.34. The van der Waals surface area contributed by atoms with E-state index >= 15 is 0 Å². The van der Waals surface area contributed by atoms with Crippen LogP contribution in [-0.4, -0.2) is 71.8 Å². The van der Waals surface area contributed by atoms with Crippen LogP contribution in [0.2, 0.25) is 0 Å². The normalized spacial score (nSPS) is 19.9. The SMILES string of the molecule is C[C@@H](c1ccon1)N(C)C(=O)C[C@@]1(c2ccccc2F)CC(=O)N(CCN(C)C)C1=O. The number of hydrogen-bond donors (Lipinski definition) is 0. The Morgan fingerprint density at radius 2 is 1.97 bits per heavy atom. The second kappa shape index (κ2) is 8.97. The summed E-state index contributed by atoms with van der Waals surface area (Å²) in [5.74, 6) is -1.96. The number of nitrogens with zero attached hydrogens (tertiary/aromatic N) is 4. The Kier molecular flexibility index (Phi) is 6.54. The molecule has 0 aliphatic carbocycles. The molecule has 1 aromatic carbocycles. The lowest BCUT2D eigenvalue weighted by Gasteiger charge is -2.31. The molecule has 8 nitrogen and oxygen atoms in total. The molecule has 1 aliphatic heterocycles. The molecule has 1 fully saturated rings. The van der Waals surface area contributed by atoms with Crippen molar-refractivity contribution in [2.45, 2.75) is 31.2 Å². The van der Waals surface area contributed by atoms with Crippen molar-refractivity contribution in [3.8, 4) is 0 Å². The van der Waals surface area contributed by atoms with Crippen molar-refractivity contribution in [2.24, 2.45) is 0 Å². The number of halogens is 1. The molecule has 1 saturated heterocycles. The Morgan fingerprint density at radius 1 is 1.26 bits per heavy atom. The van der Waals surface area contributed by atoms with Gasteiger partial charge in [0.05, 0.1) is 11.5 Å². The summed E-state index contributed by atoms with van der Waals surface area (Å²) in [5.41, 5.74) is -0.961. The minimum Gasteiger partial charge on any atom is -0.364 e. The predicted molar refractivity (Wildman–Crippen MR) is 110 cm³/mol. The van der Waals surface area contributed by atoms with Gasteiger partial charge in [-0.05, 0) is 27.1 Å².